The van der Waals surface area contributed by atoms with Crippen molar-refractivity contribution in [2.24, 2.45) is 12.0 Å². The molecule has 1 unspecified atom stereocenters. The molecule has 1 aromatic carbocycles. The number of hydrogen-bond acceptors (Lipinski definition) is 2. The third-order valence-electron chi connectivity index (χ3n) is 3.85. The highest BCUT2D eigenvalue weighted by atomic mass is 19.4. The Morgan fingerprint density at radius 2 is 2.00 bits per heavy atom. The topological polar surface area (TPSA) is 54.2 Å². The summed E-state index contributed by atoms with van der Waals surface area (Å²) in [5.41, 5.74) is 1.42. The molecular weight excluding hydrogens is 331 g/mol. The maximum atomic E-state index is 13.0. The molecule has 1 aromatic heterocycles. The summed E-state index contributed by atoms with van der Waals surface area (Å²) in [6, 6.07) is 7.88. The van der Waals surface area contributed by atoms with E-state index in [0.29, 0.717) is 5.96 Å². The minimum Gasteiger partial charge on any atom is -0.352 e. The molecule has 0 bridgehead atoms. The van der Waals surface area contributed by atoms with Crippen molar-refractivity contribution in [1.29, 1.82) is 0 Å². The fourth-order valence-corrected chi connectivity index (χ4v) is 2.63. The predicted octanol–water partition coefficient (Wildman–Crippen LogP) is 3.17. The van der Waals surface area contributed by atoms with Gasteiger partial charge in [-0.05, 0) is 25.0 Å². The smallest absolute Gasteiger partial charge is 0.352 e. The Hall–Kier alpha value is -2.51. The summed E-state index contributed by atoms with van der Waals surface area (Å²) < 4.78 is 40.1. The van der Waals surface area contributed by atoms with Gasteiger partial charge in [0.05, 0.1) is 6.04 Å². The van der Waals surface area contributed by atoms with Gasteiger partial charge in [-0.1, -0.05) is 24.3 Å². The van der Waals surface area contributed by atoms with Crippen LogP contribution in [0, 0.1) is 6.92 Å². The third kappa shape index (κ3) is 4.74. The monoisotopic (exact) mass is 353 g/mol. The molecule has 0 aliphatic carbocycles. The number of aromatic nitrogens is 2. The summed E-state index contributed by atoms with van der Waals surface area (Å²) in [5, 5.41) is 9.60. The number of alkyl halides is 3. The van der Waals surface area contributed by atoms with E-state index in [0.717, 1.165) is 15.8 Å². The Morgan fingerprint density at radius 1 is 1.32 bits per heavy atom. The zero-order valence-corrected chi connectivity index (χ0v) is 14.6. The van der Waals surface area contributed by atoms with E-state index < -0.39 is 11.9 Å². The first kappa shape index (κ1) is 18.8. The van der Waals surface area contributed by atoms with Gasteiger partial charge in [0, 0.05) is 32.4 Å². The molecule has 0 fully saturated rings. The summed E-state index contributed by atoms with van der Waals surface area (Å²) >= 11 is 0. The summed E-state index contributed by atoms with van der Waals surface area (Å²) in [6.45, 7) is 3.96. The van der Waals surface area contributed by atoms with Gasteiger partial charge in [0.1, 0.15) is 0 Å². The van der Waals surface area contributed by atoms with Crippen LogP contribution < -0.4 is 10.6 Å². The number of nitrogens with zero attached hydrogens (tertiary/aromatic N) is 3. The lowest BCUT2D eigenvalue weighted by Gasteiger charge is -2.20. The Labute approximate surface area is 145 Å². The highest BCUT2D eigenvalue weighted by Crippen LogP contribution is 2.30. The largest absolute Gasteiger partial charge is 0.435 e. The van der Waals surface area contributed by atoms with Crippen molar-refractivity contribution in [2.45, 2.75) is 32.6 Å². The summed E-state index contributed by atoms with van der Waals surface area (Å²) in [5.74, 6) is 0.424. The Morgan fingerprint density at radius 3 is 2.60 bits per heavy atom. The predicted molar refractivity (Wildman–Crippen MR) is 91.1 cm³/mol. The van der Waals surface area contributed by atoms with Gasteiger partial charge in [0.15, 0.2) is 11.7 Å². The average Bonchev–Trinajstić information content (AvgIpc) is 2.92. The van der Waals surface area contributed by atoms with Crippen LogP contribution in [0.3, 0.4) is 0 Å². The molecular formula is C17H22F3N5. The minimum atomic E-state index is -4.48. The van der Waals surface area contributed by atoms with Gasteiger partial charge in [-0.15, -0.1) is 0 Å². The number of halogens is 3. The first-order chi connectivity index (χ1) is 11.7. The molecule has 0 aliphatic heterocycles. The number of aryl methyl sites for hydroxylation is 2. The van der Waals surface area contributed by atoms with Crippen molar-refractivity contribution in [1.82, 2.24) is 20.4 Å². The van der Waals surface area contributed by atoms with Crippen LogP contribution in [0.4, 0.5) is 13.2 Å². The highest BCUT2D eigenvalue weighted by molar-refractivity contribution is 5.80. The fraction of sp³-hybridized carbons (Fsp3) is 0.412. The normalized spacial score (nSPS) is 13.6. The van der Waals surface area contributed by atoms with E-state index >= 15 is 0 Å². The highest BCUT2D eigenvalue weighted by Gasteiger charge is 2.36. The van der Waals surface area contributed by atoms with Crippen LogP contribution in [0.25, 0.3) is 0 Å². The van der Waals surface area contributed by atoms with Gasteiger partial charge in [-0.25, -0.2) is 0 Å². The molecule has 8 heteroatoms. The lowest BCUT2D eigenvalue weighted by Crippen LogP contribution is -2.38. The van der Waals surface area contributed by atoms with E-state index in [9.17, 15) is 13.2 Å². The van der Waals surface area contributed by atoms with E-state index in [-0.39, 0.29) is 18.2 Å². The molecule has 2 N–H and O–H groups in total. The Kier molecular flexibility index (Phi) is 5.71. The molecule has 0 spiro atoms. The Bertz CT molecular complexity index is 749. The van der Waals surface area contributed by atoms with Crippen molar-refractivity contribution < 1.29 is 13.2 Å². The zero-order valence-electron chi connectivity index (χ0n) is 14.6. The molecule has 2 aromatic rings. The number of benzene rings is 1. The molecule has 5 nitrogen and oxygen atoms in total. The van der Waals surface area contributed by atoms with E-state index in [1.54, 1.807) is 7.05 Å². The summed E-state index contributed by atoms with van der Waals surface area (Å²) in [4.78, 5) is 4.08. The van der Waals surface area contributed by atoms with E-state index in [1.807, 2.05) is 38.1 Å². The summed E-state index contributed by atoms with van der Waals surface area (Å²) in [6.07, 6.45) is -3.13. The van der Waals surface area contributed by atoms with Crippen molar-refractivity contribution >= 4 is 5.96 Å². The van der Waals surface area contributed by atoms with Crippen LogP contribution >= 0.6 is 0 Å². The van der Waals surface area contributed by atoms with Gasteiger partial charge in [-0.3, -0.25) is 9.67 Å². The quantitative estimate of drug-likeness (QED) is 0.656. The maximum absolute atomic E-state index is 13.0. The van der Waals surface area contributed by atoms with Gasteiger partial charge in [-0.2, -0.15) is 18.3 Å². The van der Waals surface area contributed by atoms with Crippen LogP contribution in [0.1, 0.15) is 35.3 Å². The standard InChI is InChI=1S/C17H22F3N5/c1-11-7-5-6-8-14(11)12(2)23-16(21-3)22-9-13-10-25(4)24-15(13)17(18,19)20/h5-8,10,12H,9H2,1-4H3,(H2,21,22,23). The summed E-state index contributed by atoms with van der Waals surface area (Å²) in [7, 11) is 3.04. The Balaban J connectivity index is 2.06. The number of rotatable bonds is 4. The maximum Gasteiger partial charge on any atom is 0.435 e. The number of aliphatic imine (C=N–C) groups is 1. The minimum absolute atomic E-state index is 0.0250. The molecule has 0 amide bonds. The second kappa shape index (κ2) is 7.58. The van der Waals surface area contributed by atoms with E-state index in [4.69, 9.17) is 0 Å². The molecule has 0 saturated heterocycles. The van der Waals surface area contributed by atoms with E-state index in [1.165, 1.54) is 13.2 Å². The first-order valence-electron chi connectivity index (χ1n) is 7.84. The van der Waals surface area contributed by atoms with Crippen molar-refractivity contribution in [2.75, 3.05) is 7.05 Å². The van der Waals surface area contributed by atoms with Crippen molar-refractivity contribution in [3.05, 3.63) is 52.8 Å². The second-order valence-electron chi connectivity index (χ2n) is 5.82. The zero-order chi connectivity index (χ0) is 18.6. The van der Waals surface area contributed by atoms with Gasteiger partial charge in [0.2, 0.25) is 0 Å². The van der Waals surface area contributed by atoms with Crippen LogP contribution in [0.15, 0.2) is 35.5 Å². The lowest BCUT2D eigenvalue weighted by atomic mass is 10.0. The fourth-order valence-electron chi connectivity index (χ4n) is 2.63. The van der Waals surface area contributed by atoms with Gasteiger partial charge < -0.3 is 10.6 Å². The van der Waals surface area contributed by atoms with E-state index in [2.05, 4.69) is 20.7 Å². The van der Waals surface area contributed by atoms with Crippen molar-refractivity contribution in [3.63, 3.8) is 0 Å². The molecule has 136 valence electrons. The van der Waals surface area contributed by atoms with Crippen molar-refractivity contribution in [3.8, 4) is 0 Å². The third-order valence-corrected chi connectivity index (χ3v) is 3.85. The van der Waals surface area contributed by atoms with Crippen LogP contribution in [0.2, 0.25) is 0 Å². The lowest BCUT2D eigenvalue weighted by molar-refractivity contribution is -0.142. The average molecular weight is 353 g/mol. The van der Waals surface area contributed by atoms with Crippen LogP contribution in [-0.4, -0.2) is 22.8 Å². The SMILES string of the molecule is CN=C(NCc1cn(C)nc1C(F)(F)F)NC(C)c1ccccc1C. The number of nitrogens with one attached hydrogen (secondary N) is 2. The molecule has 25 heavy (non-hydrogen) atoms. The molecule has 1 atom stereocenters. The van der Waals surface area contributed by atoms with Crippen LogP contribution in [-0.2, 0) is 19.8 Å². The second-order valence-corrected chi connectivity index (χ2v) is 5.82. The number of guanidine groups is 1. The molecule has 0 saturated carbocycles. The van der Waals surface area contributed by atoms with Gasteiger partial charge in [0.25, 0.3) is 0 Å². The molecule has 1 heterocycles. The molecule has 0 aliphatic rings. The van der Waals surface area contributed by atoms with Gasteiger partial charge >= 0.3 is 6.18 Å². The molecule has 0 radical (unpaired) electrons. The van der Waals surface area contributed by atoms with Crippen LogP contribution in [0.5, 0.6) is 0 Å². The molecule has 2 rings (SSSR count). The number of hydrogen-bond donors (Lipinski definition) is 2. The first-order valence-corrected chi connectivity index (χ1v) is 7.84.